The lowest BCUT2D eigenvalue weighted by atomic mass is 10.0. The summed E-state index contributed by atoms with van der Waals surface area (Å²) in [4.78, 5) is 13.8. The van der Waals surface area contributed by atoms with Crippen molar-refractivity contribution in [1.82, 2.24) is 10.2 Å². The zero-order valence-corrected chi connectivity index (χ0v) is 10.5. The fraction of sp³-hybridized carbons (Fsp3) is 0.917. The maximum absolute atomic E-state index is 11.8. The summed E-state index contributed by atoms with van der Waals surface area (Å²) in [5.41, 5.74) is 0. The summed E-state index contributed by atoms with van der Waals surface area (Å²) in [6, 6.07) is 0.476. The lowest BCUT2D eigenvalue weighted by molar-refractivity contribution is 0.140. The van der Waals surface area contributed by atoms with Crippen molar-refractivity contribution in [2.75, 3.05) is 26.3 Å². The van der Waals surface area contributed by atoms with Gasteiger partial charge in [0.1, 0.15) is 0 Å². The Morgan fingerprint density at radius 3 is 3.00 bits per heavy atom. The van der Waals surface area contributed by atoms with Crippen molar-refractivity contribution in [3.63, 3.8) is 0 Å². The van der Waals surface area contributed by atoms with E-state index in [1.165, 1.54) is 6.42 Å². The largest absolute Gasteiger partial charge is 0.382 e. The van der Waals surface area contributed by atoms with E-state index in [2.05, 4.69) is 12.2 Å². The van der Waals surface area contributed by atoms with Crippen LogP contribution in [0.15, 0.2) is 0 Å². The van der Waals surface area contributed by atoms with Gasteiger partial charge in [-0.15, -0.1) is 0 Å². The maximum atomic E-state index is 11.8. The smallest absolute Gasteiger partial charge is 0.317 e. The topological polar surface area (TPSA) is 41.6 Å². The predicted molar refractivity (Wildman–Crippen MR) is 64.5 cm³/mol. The summed E-state index contributed by atoms with van der Waals surface area (Å²) in [7, 11) is 0. The lowest BCUT2D eigenvalue weighted by Gasteiger charge is -2.33. The maximum Gasteiger partial charge on any atom is 0.317 e. The van der Waals surface area contributed by atoms with Crippen molar-refractivity contribution in [1.29, 1.82) is 0 Å². The van der Waals surface area contributed by atoms with Crippen LogP contribution in [0, 0.1) is 0 Å². The van der Waals surface area contributed by atoms with E-state index in [9.17, 15) is 4.79 Å². The van der Waals surface area contributed by atoms with Crippen molar-refractivity contribution in [3.05, 3.63) is 0 Å². The minimum absolute atomic E-state index is 0.0868. The van der Waals surface area contributed by atoms with Gasteiger partial charge in [0.05, 0.1) is 0 Å². The molecule has 0 aromatic heterocycles. The van der Waals surface area contributed by atoms with Crippen LogP contribution in [0.1, 0.15) is 39.5 Å². The molecule has 0 aromatic rings. The first-order chi connectivity index (χ1) is 7.75. The van der Waals surface area contributed by atoms with Crippen molar-refractivity contribution < 1.29 is 9.53 Å². The van der Waals surface area contributed by atoms with Gasteiger partial charge in [0.25, 0.3) is 0 Å². The molecule has 1 aliphatic heterocycles. The molecule has 4 nitrogen and oxygen atoms in total. The summed E-state index contributed by atoms with van der Waals surface area (Å²) < 4.78 is 5.22. The number of likely N-dealkylation sites (tertiary alicyclic amines) is 1. The van der Waals surface area contributed by atoms with E-state index in [4.69, 9.17) is 4.74 Å². The molecule has 1 atom stereocenters. The second-order valence-corrected chi connectivity index (χ2v) is 4.32. The number of piperidine rings is 1. The number of hydrogen-bond acceptors (Lipinski definition) is 2. The summed E-state index contributed by atoms with van der Waals surface area (Å²) in [6.45, 7) is 7.19. The molecule has 0 aliphatic carbocycles. The highest BCUT2D eigenvalue weighted by Crippen LogP contribution is 2.15. The minimum Gasteiger partial charge on any atom is -0.382 e. The molecule has 1 rings (SSSR count). The van der Waals surface area contributed by atoms with Crippen LogP contribution >= 0.6 is 0 Å². The average Bonchev–Trinajstić information content (AvgIpc) is 2.29. The van der Waals surface area contributed by atoms with Crippen LogP contribution in [0.3, 0.4) is 0 Å². The number of nitrogens with one attached hydrogen (secondary N) is 1. The summed E-state index contributed by atoms with van der Waals surface area (Å²) in [5, 5.41) is 2.95. The van der Waals surface area contributed by atoms with E-state index in [1.54, 1.807) is 0 Å². The van der Waals surface area contributed by atoms with Gasteiger partial charge < -0.3 is 15.0 Å². The Kier molecular flexibility index (Phi) is 6.23. The van der Waals surface area contributed by atoms with Crippen molar-refractivity contribution in [2.45, 2.75) is 45.6 Å². The Morgan fingerprint density at radius 1 is 1.50 bits per heavy atom. The van der Waals surface area contributed by atoms with Gasteiger partial charge in [0, 0.05) is 32.3 Å². The third-order valence-electron chi connectivity index (χ3n) is 3.01. The summed E-state index contributed by atoms with van der Waals surface area (Å²) >= 11 is 0. The molecule has 0 radical (unpaired) electrons. The third kappa shape index (κ3) is 4.39. The monoisotopic (exact) mass is 228 g/mol. The van der Waals surface area contributed by atoms with Gasteiger partial charge in [-0.2, -0.15) is 0 Å². The van der Waals surface area contributed by atoms with Gasteiger partial charge >= 0.3 is 6.03 Å². The highest BCUT2D eigenvalue weighted by Gasteiger charge is 2.22. The highest BCUT2D eigenvalue weighted by atomic mass is 16.5. The minimum atomic E-state index is 0.0868. The third-order valence-corrected chi connectivity index (χ3v) is 3.01. The second-order valence-electron chi connectivity index (χ2n) is 4.32. The number of amides is 2. The van der Waals surface area contributed by atoms with Crippen molar-refractivity contribution >= 4 is 6.03 Å². The molecule has 1 heterocycles. The van der Waals surface area contributed by atoms with E-state index in [0.29, 0.717) is 12.6 Å². The molecule has 0 spiro atoms. The molecular weight excluding hydrogens is 204 g/mol. The second kappa shape index (κ2) is 7.49. The van der Waals surface area contributed by atoms with Crippen LogP contribution in [-0.2, 0) is 4.74 Å². The van der Waals surface area contributed by atoms with Crippen LogP contribution in [0.4, 0.5) is 4.79 Å². The van der Waals surface area contributed by atoms with Gasteiger partial charge in [-0.05, 0) is 39.5 Å². The Labute approximate surface area is 98.3 Å². The molecule has 94 valence electrons. The first-order valence-corrected chi connectivity index (χ1v) is 6.38. The Bertz CT molecular complexity index is 209. The number of carbonyl (C=O) groups is 1. The van der Waals surface area contributed by atoms with E-state index < -0.39 is 0 Å². The molecule has 1 N–H and O–H groups in total. The van der Waals surface area contributed by atoms with Crippen LogP contribution in [0.5, 0.6) is 0 Å². The molecule has 0 aromatic carbocycles. The zero-order valence-electron chi connectivity index (χ0n) is 10.5. The zero-order chi connectivity index (χ0) is 11.8. The Balaban J connectivity index is 2.13. The van der Waals surface area contributed by atoms with Gasteiger partial charge in [0.15, 0.2) is 0 Å². The van der Waals surface area contributed by atoms with Gasteiger partial charge in [-0.1, -0.05) is 0 Å². The molecule has 1 saturated heterocycles. The predicted octanol–water partition coefficient (Wildman–Crippen LogP) is 2.00. The highest BCUT2D eigenvalue weighted by molar-refractivity contribution is 5.74. The molecule has 0 saturated carbocycles. The molecule has 16 heavy (non-hydrogen) atoms. The van der Waals surface area contributed by atoms with Gasteiger partial charge in [-0.25, -0.2) is 4.79 Å². The standard InChI is InChI=1S/C12H24N2O2/c1-3-16-10-6-8-13-12(15)14-9-5-4-7-11(14)2/h11H,3-10H2,1-2H3,(H,13,15). The van der Waals surface area contributed by atoms with Gasteiger partial charge in [0.2, 0.25) is 0 Å². The normalized spacial score (nSPS) is 20.9. The Hall–Kier alpha value is -0.770. The van der Waals surface area contributed by atoms with E-state index in [-0.39, 0.29) is 6.03 Å². The molecule has 2 amide bonds. The average molecular weight is 228 g/mol. The molecule has 1 fully saturated rings. The van der Waals surface area contributed by atoms with Crippen LogP contribution < -0.4 is 5.32 Å². The van der Waals surface area contributed by atoms with E-state index in [1.807, 2.05) is 11.8 Å². The van der Waals surface area contributed by atoms with Crippen LogP contribution in [0.2, 0.25) is 0 Å². The van der Waals surface area contributed by atoms with E-state index >= 15 is 0 Å². The first kappa shape index (κ1) is 13.3. The van der Waals surface area contributed by atoms with Crippen molar-refractivity contribution in [3.8, 4) is 0 Å². The summed E-state index contributed by atoms with van der Waals surface area (Å²) in [6.07, 6.45) is 4.40. The fourth-order valence-corrected chi connectivity index (χ4v) is 2.02. The lowest BCUT2D eigenvalue weighted by Crippen LogP contribution is -2.47. The SMILES string of the molecule is CCOCCCNC(=O)N1CCCCC1C. The number of ether oxygens (including phenoxy) is 1. The summed E-state index contributed by atoms with van der Waals surface area (Å²) in [5.74, 6) is 0. The molecule has 1 unspecified atom stereocenters. The molecule has 0 bridgehead atoms. The van der Waals surface area contributed by atoms with Crippen LogP contribution in [0.25, 0.3) is 0 Å². The quantitative estimate of drug-likeness (QED) is 0.731. The van der Waals surface area contributed by atoms with Gasteiger partial charge in [-0.3, -0.25) is 0 Å². The molecule has 4 heteroatoms. The molecule has 1 aliphatic rings. The number of hydrogen-bond donors (Lipinski definition) is 1. The van der Waals surface area contributed by atoms with Crippen molar-refractivity contribution in [2.24, 2.45) is 0 Å². The van der Waals surface area contributed by atoms with E-state index in [0.717, 1.165) is 39.0 Å². The molecular formula is C12H24N2O2. The van der Waals surface area contributed by atoms with Crippen LogP contribution in [-0.4, -0.2) is 43.3 Å². The number of rotatable bonds is 5. The number of urea groups is 1. The fourth-order valence-electron chi connectivity index (χ4n) is 2.02. The number of carbonyl (C=O) groups excluding carboxylic acids is 1. The first-order valence-electron chi connectivity index (χ1n) is 6.38. The number of nitrogens with zero attached hydrogens (tertiary/aromatic N) is 1. The Morgan fingerprint density at radius 2 is 2.31 bits per heavy atom.